The van der Waals surface area contributed by atoms with Crippen LogP contribution in [0.1, 0.15) is 39.5 Å². The Balaban J connectivity index is 3.50. The highest BCUT2D eigenvalue weighted by atomic mass is 16.1. The van der Waals surface area contributed by atoms with Crippen molar-refractivity contribution in [2.45, 2.75) is 39.5 Å². The number of carbonyl (C=O) groups excluding carboxylic acids is 2. The molecule has 0 bridgehead atoms. The van der Waals surface area contributed by atoms with Crippen molar-refractivity contribution < 1.29 is 9.59 Å². The molecule has 0 heterocycles. The maximum atomic E-state index is 10.8. The summed E-state index contributed by atoms with van der Waals surface area (Å²) in [5, 5.41) is 0. The van der Waals surface area contributed by atoms with Crippen LogP contribution in [-0.4, -0.2) is 12.1 Å². The van der Waals surface area contributed by atoms with Crippen molar-refractivity contribution >= 4 is 12.1 Å². The zero-order valence-corrected chi connectivity index (χ0v) is 7.30. The zero-order chi connectivity index (χ0) is 8.69. The van der Waals surface area contributed by atoms with Crippen molar-refractivity contribution in [2.24, 2.45) is 5.92 Å². The van der Waals surface area contributed by atoms with Crippen LogP contribution in [0.4, 0.5) is 0 Å². The largest absolute Gasteiger partial charge is 0.303 e. The first-order valence-electron chi connectivity index (χ1n) is 4.21. The van der Waals surface area contributed by atoms with Crippen LogP contribution in [0.25, 0.3) is 0 Å². The van der Waals surface area contributed by atoms with E-state index in [0.29, 0.717) is 12.8 Å². The summed E-state index contributed by atoms with van der Waals surface area (Å²) < 4.78 is 0. The molecule has 0 aromatic carbocycles. The van der Waals surface area contributed by atoms with Gasteiger partial charge in [0.25, 0.3) is 0 Å². The number of hydrogen-bond acceptors (Lipinski definition) is 2. The normalized spacial score (nSPS) is 12.5. The average Bonchev–Trinajstić information content (AvgIpc) is 2.06. The van der Waals surface area contributed by atoms with Crippen LogP contribution >= 0.6 is 0 Å². The molecule has 0 amide bonds. The van der Waals surface area contributed by atoms with Gasteiger partial charge in [0.1, 0.15) is 12.1 Å². The lowest BCUT2D eigenvalue weighted by Gasteiger charge is -2.04. The molecule has 0 aliphatic heterocycles. The van der Waals surface area contributed by atoms with Crippen LogP contribution in [0.15, 0.2) is 0 Å². The summed E-state index contributed by atoms with van der Waals surface area (Å²) >= 11 is 0. The van der Waals surface area contributed by atoms with E-state index in [9.17, 15) is 9.59 Å². The van der Waals surface area contributed by atoms with Gasteiger partial charge in [-0.15, -0.1) is 0 Å². The third-order valence-electron chi connectivity index (χ3n) is 1.91. The number of carbonyl (C=O) groups is 2. The maximum Gasteiger partial charge on any atom is 0.132 e. The molecule has 0 aromatic rings. The molecule has 11 heavy (non-hydrogen) atoms. The summed E-state index contributed by atoms with van der Waals surface area (Å²) in [4.78, 5) is 21.2. The van der Waals surface area contributed by atoms with Gasteiger partial charge in [0.05, 0.1) is 0 Å². The minimum atomic E-state index is 0.0884. The van der Waals surface area contributed by atoms with Crippen LogP contribution in [0, 0.1) is 5.92 Å². The molecule has 0 unspecified atom stereocenters. The monoisotopic (exact) mass is 156 g/mol. The van der Waals surface area contributed by atoms with Gasteiger partial charge in [0.2, 0.25) is 0 Å². The van der Waals surface area contributed by atoms with E-state index >= 15 is 0 Å². The zero-order valence-electron chi connectivity index (χ0n) is 7.30. The Labute approximate surface area is 68.0 Å². The molecule has 64 valence electrons. The van der Waals surface area contributed by atoms with Crippen LogP contribution in [-0.2, 0) is 9.59 Å². The van der Waals surface area contributed by atoms with Gasteiger partial charge in [-0.1, -0.05) is 13.8 Å². The van der Waals surface area contributed by atoms with E-state index in [1.165, 1.54) is 0 Å². The summed E-state index contributed by atoms with van der Waals surface area (Å²) in [6.07, 6.45) is 3.68. The quantitative estimate of drug-likeness (QED) is 0.551. The van der Waals surface area contributed by atoms with E-state index in [0.717, 1.165) is 19.1 Å². The Hall–Kier alpha value is -0.660. The third kappa shape index (κ3) is 4.71. The Bertz CT molecular complexity index is 130. The Morgan fingerprint density at radius 2 is 2.09 bits per heavy atom. The lowest BCUT2D eigenvalue weighted by atomic mass is 10.00. The molecule has 0 fully saturated rings. The second-order valence-corrected chi connectivity index (χ2v) is 2.74. The SMILES string of the molecule is CCC(=O)CC[C@@H](C=O)CC. The lowest BCUT2D eigenvalue weighted by molar-refractivity contribution is -0.119. The van der Waals surface area contributed by atoms with Crippen molar-refractivity contribution in [3.05, 3.63) is 0 Å². The summed E-state index contributed by atoms with van der Waals surface area (Å²) in [5.74, 6) is 0.343. The predicted octanol–water partition coefficient (Wildman–Crippen LogP) is 1.97. The van der Waals surface area contributed by atoms with E-state index in [4.69, 9.17) is 0 Å². The van der Waals surface area contributed by atoms with Crippen LogP contribution in [0.2, 0.25) is 0 Å². The second-order valence-electron chi connectivity index (χ2n) is 2.74. The Kier molecular flexibility index (Phi) is 5.71. The molecule has 0 aliphatic carbocycles. The minimum absolute atomic E-state index is 0.0884. The van der Waals surface area contributed by atoms with Gasteiger partial charge in [-0.2, -0.15) is 0 Å². The van der Waals surface area contributed by atoms with E-state index in [2.05, 4.69) is 0 Å². The standard InChI is InChI=1S/C9H16O2/c1-3-8(7-10)5-6-9(11)4-2/h7-8H,3-6H2,1-2H3/t8-/m0/s1. The summed E-state index contributed by atoms with van der Waals surface area (Å²) in [6, 6.07) is 0. The topological polar surface area (TPSA) is 34.1 Å². The highest BCUT2D eigenvalue weighted by Gasteiger charge is 2.06. The van der Waals surface area contributed by atoms with Gasteiger partial charge in [-0.05, 0) is 12.8 Å². The highest BCUT2D eigenvalue weighted by Crippen LogP contribution is 2.08. The van der Waals surface area contributed by atoms with Crippen molar-refractivity contribution in [3.8, 4) is 0 Å². The van der Waals surface area contributed by atoms with E-state index in [1.807, 2.05) is 13.8 Å². The van der Waals surface area contributed by atoms with Crippen LogP contribution in [0.5, 0.6) is 0 Å². The third-order valence-corrected chi connectivity index (χ3v) is 1.91. The molecule has 2 nitrogen and oxygen atoms in total. The van der Waals surface area contributed by atoms with Crippen LogP contribution < -0.4 is 0 Å². The average molecular weight is 156 g/mol. The van der Waals surface area contributed by atoms with Gasteiger partial charge in [0.15, 0.2) is 0 Å². The number of ketones is 1. The maximum absolute atomic E-state index is 10.8. The van der Waals surface area contributed by atoms with Crippen LogP contribution in [0.3, 0.4) is 0 Å². The van der Waals surface area contributed by atoms with E-state index in [-0.39, 0.29) is 11.7 Å². The summed E-state index contributed by atoms with van der Waals surface area (Å²) in [5.41, 5.74) is 0. The highest BCUT2D eigenvalue weighted by molar-refractivity contribution is 5.78. The molecule has 0 radical (unpaired) electrons. The number of rotatable bonds is 6. The molecule has 0 saturated carbocycles. The van der Waals surface area contributed by atoms with E-state index < -0.39 is 0 Å². The fraction of sp³-hybridized carbons (Fsp3) is 0.778. The van der Waals surface area contributed by atoms with Gasteiger partial charge >= 0.3 is 0 Å². The molecule has 1 atom stereocenters. The minimum Gasteiger partial charge on any atom is -0.303 e. The van der Waals surface area contributed by atoms with Crippen molar-refractivity contribution in [1.82, 2.24) is 0 Å². The van der Waals surface area contributed by atoms with Gasteiger partial charge in [-0.25, -0.2) is 0 Å². The molecular weight excluding hydrogens is 140 g/mol. The predicted molar refractivity (Wildman–Crippen MR) is 44.4 cm³/mol. The lowest BCUT2D eigenvalue weighted by Crippen LogP contribution is -2.04. The summed E-state index contributed by atoms with van der Waals surface area (Å²) in [6.45, 7) is 3.82. The van der Waals surface area contributed by atoms with Gasteiger partial charge in [0, 0.05) is 18.8 Å². The van der Waals surface area contributed by atoms with Crippen molar-refractivity contribution in [3.63, 3.8) is 0 Å². The molecular formula is C9H16O2. The van der Waals surface area contributed by atoms with Crippen molar-refractivity contribution in [1.29, 1.82) is 0 Å². The molecule has 0 spiro atoms. The number of Topliss-reactive ketones (excluding diaryl/α,β-unsaturated/α-hetero) is 1. The van der Waals surface area contributed by atoms with Crippen molar-refractivity contribution in [2.75, 3.05) is 0 Å². The fourth-order valence-electron chi connectivity index (χ4n) is 0.892. The van der Waals surface area contributed by atoms with E-state index in [1.54, 1.807) is 0 Å². The Morgan fingerprint density at radius 3 is 2.45 bits per heavy atom. The molecule has 0 saturated heterocycles. The van der Waals surface area contributed by atoms with Gasteiger partial charge in [-0.3, -0.25) is 4.79 Å². The number of aldehydes is 1. The first-order chi connectivity index (χ1) is 5.24. The fourth-order valence-corrected chi connectivity index (χ4v) is 0.892. The molecule has 0 N–H and O–H groups in total. The Morgan fingerprint density at radius 1 is 1.45 bits per heavy atom. The first-order valence-corrected chi connectivity index (χ1v) is 4.21. The van der Waals surface area contributed by atoms with Gasteiger partial charge < -0.3 is 4.79 Å². The summed E-state index contributed by atoms with van der Waals surface area (Å²) in [7, 11) is 0. The molecule has 0 aliphatic rings. The molecule has 2 heteroatoms. The molecule has 0 rings (SSSR count). The number of hydrogen-bond donors (Lipinski definition) is 0. The second kappa shape index (κ2) is 6.08. The first kappa shape index (κ1) is 10.3. The smallest absolute Gasteiger partial charge is 0.132 e. The molecule has 0 aromatic heterocycles.